The van der Waals surface area contributed by atoms with Gasteiger partial charge in [0.05, 0.1) is 7.11 Å². The predicted octanol–water partition coefficient (Wildman–Crippen LogP) is 4.61. The van der Waals surface area contributed by atoms with Crippen LogP contribution in [0.2, 0.25) is 5.02 Å². The molecule has 162 valence electrons. The van der Waals surface area contributed by atoms with Gasteiger partial charge < -0.3 is 15.0 Å². The van der Waals surface area contributed by atoms with Gasteiger partial charge in [0.25, 0.3) is 0 Å². The molecule has 2 atom stereocenters. The van der Waals surface area contributed by atoms with Gasteiger partial charge in [-0.25, -0.2) is 0 Å². The minimum absolute atomic E-state index is 0.0565. The number of aryl methyl sites for hydroxylation is 1. The van der Waals surface area contributed by atoms with Gasteiger partial charge in [-0.2, -0.15) is 0 Å². The molecule has 0 radical (unpaired) electrons. The van der Waals surface area contributed by atoms with Crippen molar-refractivity contribution in [3.8, 4) is 5.75 Å². The van der Waals surface area contributed by atoms with Crippen LogP contribution in [0.1, 0.15) is 44.7 Å². The number of halogens is 1. The monoisotopic (exact) mass is 430 g/mol. The summed E-state index contributed by atoms with van der Waals surface area (Å²) in [5.41, 5.74) is 1.86. The summed E-state index contributed by atoms with van der Waals surface area (Å²) >= 11 is 6.23. The lowest BCUT2D eigenvalue weighted by molar-refractivity contribution is -0.140. The SMILES string of the molecule is CC[C@@H](C)NC(=O)[C@H](C)N(Cc1ccc(OC)cc1)C(=O)CCc1ccccc1Cl. The maximum atomic E-state index is 13.1. The summed E-state index contributed by atoms with van der Waals surface area (Å²) in [6.07, 6.45) is 1.63. The van der Waals surface area contributed by atoms with Crippen molar-refractivity contribution >= 4 is 23.4 Å². The van der Waals surface area contributed by atoms with E-state index in [2.05, 4.69) is 5.32 Å². The Bertz CT molecular complexity index is 839. The van der Waals surface area contributed by atoms with Crippen LogP contribution in [0.4, 0.5) is 0 Å². The van der Waals surface area contributed by atoms with Gasteiger partial charge in [0.1, 0.15) is 11.8 Å². The second-order valence-corrected chi connectivity index (χ2v) is 7.86. The van der Waals surface area contributed by atoms with Crippen molar-refractivity contribution in [3.05, 3.63) is 64.7 Å². The molecule has 0 spiro atoms. The first-order chi connectivity index (χ1) is 14.3. The molecule has 2 aromatic rings. The first kappa shape index (κ1) is 23.7. The first-order valence-electron chi connectivity index (χ1n) is 10.3. The van der Waals surface area contributed by atoms with Gasteiger partial charge >= 0.3 is 0 Å². The summed E-state index contributed by atoms with van der Waals surface area (Å²) in [5, 5.41) is 3.63. The molecule has 0 aliphatic heterocycles. The van der Waals surface area contributed by atoms with Gasteiger partial charge in [0, 0.05) is 24.0 Å². The van der Waals surface area contributed by atoms with Crippen molar-refractivity contribution in [2.24, 2.45) is 0 Å². The normalized spacial score (nSPS) is 12.7. The summed E-state index contributed by atoms with van der Waals surface area (Å²) in [7, 11) is 1.61. The lowest BCUT2D eigenvalue weighted by atomic mass is 10.1. The second-order valence-electron chi connectivity index (χ2n) is 7.45. The molecule has 2 aromatic carbocycles. The number of benzene rings is 2. The zero-order valence-electron chi connectivity index (χ0n) is 18.2. The largest absolute Gasteiger partial charge is 0.497 e. The average Bonchev–Trinajstić information content (AvgIpc) is 2.76. The summed E-state index contributed by atoms with van der Waals surface area (Å²) < 4.78 is 5.20. The topological polar surface area (TPSA) is 58.6 Å². The van der Waals surface area contributed by atoms with Crippen molar-refractivity contribution in [1.29, 1.82) is 0 Å². The zero-order valence-corrected chi connectivity index (χ0v) is 18.9. The number of rotatable bonds is 10. The van der Waals surface area contributed by atoms with E-state index in [0.717, 1.165) is 23.3 Å². The van der Waals surface area contributed by atoms with Crippen molar-refractivity contribution in [2.75, 3.05) is 7.11 Å². The molecular formula is C24H31ClN2O3. The minimum atomic E-state index is -0.583. The van der Waals surface area contributed by atoms with Crippen molar-refractivity contribution < 1.29 is 14.3 Å². The van der Waals surface area contributed by atoms with Crippen LogP contribution in [-0.4, -0.2) is 35.9 Å². The van der Waals surface area contributed by atoms with Crippen molar-refractivity contribution in [3.63, 3.8) is 0 Å². The lowest BCUT2D eigenvalue weighted by Gasteiger charge is -2.30. The van der Waals surface area contributed by atoms with Crippen LogP contribution in [0.5, 0.6) is 5.75 Å². The van der Waals surface area contributed by atoms with Crippen LogP contribution in [0, 0.1) is 0 Å². The third-order valence-electron chi connectivity index (χ3n) is 5.25. The Morgan fingerprint density at radius 3 is 2.37 bits per heavy atom. The van der Waals surface area contributed by atoms with Gasteiger partial charge in [-0.05, 0) is 56.0 Å². The molecule has 0 heterocycles. The maximum absolute atomic E-state index is 13.1. The number of nitrogens with one attached hydrogen (secondary N) is 1. The van der Waals surface area contributed by atoms with Crippen molar-refractivity contribution in [2.45, 2.75) is 58.7 Å². The first-order valence-corrected chi connectivity index (χ1v) is 10.7. The maximum Gasteiger partial charge on any atom is 0.242 e. The third kappa shape index (κ3) is 6.77. The van der Waals surface area contributed by atoms with Gasteiger partial charge in [-0.1, -0.05) is 48.9 Å². The highest BCUT2D eigenvalue weighted by Gasteiger charge is 2.26. The van der Waals surface area contributed by atoms with E-state index in [1.807, 2.05) is 62.4 Å². The number of ether oxygens (including phenoxy) is 1. The van der Waals surface area contributed by atoms with E-state index in [0.29, 0.717) is 18.0 Å². The van der Waals surface area contributed by atoms with Crippen LogP contribution < -0.4 is 10.1 Å². The number of hydrogen-bond acceptors (Lipinski definition) is 3. The van der Waals surface area contributed by atoms with E-state index in [1.54, 1.807) is 18.9 Å². The number of amides is 2. The van der Waals surface area contributed by atoms with E-state index in [4.69, 9.17) is 16.3 Å². The number of methoxy groups -OCH3 is 1. The lowest BCUT2D eigenvalue weighted by Crippen LogP contribution is -2.49. The number of hydrogen-bond donors (Lipinski definition) is 1. The zero-order chi connectivity index (χ0) is 22.1. The van der Waals surface area contributed by atoms with E-state index >= 15 is 0 Å². The van der Waals surface area contributed by atoms with Gasteiger partial charge in [-0.15, -0.1) is 0 Å². The van der Waals surface area contributed by atoms with E-state index in [-0.39, 0.29) is 24.3 Å². The highest BCUT2D eigenvalue weighted by molar-refractivity contribution is 6.31. The highest BCUT2D eigenvalue weighted by Crippen LogP contribution is 2.19. The van der Waals surface area contributed by atoms with E-state index in [9.17, 15) is 9.59 Å². The number of carbonyl (C=O) groups excluding carboxylic acids is 2. The second kappa shape index (κ2) is 11.6. The molecular weight excluding hydrogens is 400 g/mol. The Morgan fingerprint density at radius 2 is 1.77 bits per heavy atom. The average molecular weight is 431 g/mol. The molecule has 0 aliphatic rings. The Morgan fingerprint density at radius 1 is 1.10 bits per heavy atom. The fraction of sp³-hybridized carbons (Fsp3) is 0.417. The molecule has 0 fully saturated rings. The van der Waals surface area contributed by atoms with E-state index < -0.39 is 6.04 Å². The minimum Gasteiger partial charge on any atom is -0.497 e. The Labute approximate surface area is 184 Å². The molecule has 0 saturated heterocycles. The molecule has 0 saturated carbocycles. The predicted molar refractivity (Wildman–Crippen MR) is 121 cm³/mol. The standard InChI is InChI=1S/C24H31ClN2O3/c1-5-17(2)26-24(29)18(3)27(16-19-10-13-21(30-4)14-11-19)23(28)15-12-20-8-6-7-9-22(20)25/h6-11,13-14,17-18H,5,12,15-16H2,1-4H3,(H,26,29)/t17-,18+/m1/s1. The molecule has 2 amide bonds. The van der Waals surface area contributed by atoms with Gasteiger partial charge in [0.2, 0.25) is 11.8 Å². The summed E-state index contributed by atoms with van der Waals surface area (Å²) in [4.78, 5) is 27.5. The molecule has 1 N–H and O–H groups in total. The molecule has 0 bridgehead atoms. The van der Waals surface area contributed by atoms with E-state index in [1.165, 1.54) is 0 Å². The molecule has 6 heteroatoms. The summed E-state index contributed by atoms with van der Waals surface area (Å²) in [6.45, 7) is 6.09. The van der Waals surface area contributed by atoms with Gasteiger partial charge in [0.15, 0.2) is 0 Å². The highest BCUT2D eigenvalue weighted by atomic mass is 35.5. The molecule has 0 aromatic heterocycles. The van der Waals surface area contributed by atoms with Crippen LogP contribution in [-0.2, 0) is 22.6 Å². The quantitative estimate of drug-likeness (QED) is 0.598. The Balaban J connectivity index is 2.16. The molecule has 0 unspecified atom stereocenters. The Hall–Kier alpha value is -2.53. The molecule has 2 rings (SSSR count). The summed E-state index contributed by atoms with van der Waals surface area (Å²) in [6, 6.07) is 14.5. The fourth-order valence-corrected chi connectivity index (χ4v) is 3.29. The van der Waals surface area contributed by atoms with Crippen LogP contribution >= 0.6 is 11.6 Å². The van der Waals surface area contributed by atoms with Gasteiger partial charge in [-0.3, -0.25) is 9.59 Å². The molecule has 30 heavy (non-hydrogen) atoms. The van der Waals surface area contributed by atoms with Crippen LogP contribution in [0.15, 0.2) is 48.5 Å². The van der Waals surface area contributed by atoms with Crippen LogP contribution in [0.3, 0.4) is 0 Å². The Kier molecular flexibility index (Phi) is 9.18. The smallest absolute Gasteiger partial charge is 0.242 e. The fourth-order valence-electron chi connectivity index (χ4n) is 3.06. The number of nitrogens with zero attached hydrogens (tertiary/aromatic N) is 1. The number of carbonyl (C=O) groups is 2. The summed E-state index contributed by atoms with van der Waals surface area (Å²) in [5.74, 6) is 0.513. The van der Waals surface area contributed by atoms with Crippen LogP contribution in [0.25, 0.3) is 0 Å². The van der Waals surface area contributed by atoms with Crippen molar-refractivity contribution in [1.82, 2.24) is 10.2 Å². The molecule has 0 aliphatic carbocycles. The third-order valence-corrected chi connectivity index (χ3v) is 5.62. The molecule has 5 nitrogen and oxygen atoms in total.